The summed E-state index contributed by atoms with van der Waals surface area (Å²) in [4.78, 5) is 0. The molecular formula is C14H17O2P. The quantitative estimate of drug-likeness (QED) is 0.755. The average Bonchev–Trinajstić information content (AvgIpc) is 2.29. The fourth-order valence-corrected chi connectivity index (χ4v) is 3.59. The van der Waals surface area contributed by atoms with Crippen molar-refractivity contribution in [2.24, 2.45) is 0 Å². The highest BCUT2D eigenvalue weighted by Crippen LogP contribution is 2.47. The molecule has 0 saturated carbocycles. The zero-order chi connectivity index (χ0) is 12.3. The maximum absolute atomic E-state index is 12.2. The number of fused-ring (bicyclic) bond motifs is 1. The van der Waals surface area contributed by atoms with E-state index >= 15 is 0 Å². The Kier molecular flexibility index (Phi) is 3.66. The van der Waals surface area contributed by atoms with Gasteiger partial charge in [0.25, 0.3) is 0 Å². The first-order valence-corrected chi connectivity index (χ1v) is 8.06. The van der Waals surface area contributed by atoms with Crippen LogP contribution in [-0.4, -0.2) is 13.3 Å². The van der Waals surface area contributed by atoms with Gasteiger partial charge in [0, 0.05) is 6.66 Å². The summed E-state index contributed by atoms with van der Waals surface area (Å²) in [5, 5.41) is 2.35. The molecule has 0 bridgehead atoms. The molecule has 17 heavy (non-hydrogen) atoms. The Morgan fingerprint density at radius 1 is 1.12 bits per heavy atom. The normalized spacial score (nSPS) is 14.7. The van der Waals surface area contributed by atoms with Crippen molar-refractivity contribution in [1.29, 1.82) is 0 Å². The zero-order valence-corrected chi connectivity index (χ0v) is 11.1. The summed E-state index contributed by atoms with van der Waals surface area (Å²) >= 11 is 0. The number of hydrogen-bond acceptors (Lipinski definition) is 2. The van der Waals surface area contributed by atoms with E-state index in [0.717, 1.165) is 10.9 Å². The minimum Gasteiger partial charge on any atom is -0.329 e. The second kappa shape index (κ2) is 5.03. The van der Waals surface area contributed by atoms with Gasteiger partial charge in [-0.3, -0.25) is 4.57 Å². The van der Waals surface area contributed by atoms with Gasteiger partial charge in [0.15, 0.2) is 0 Å². The Labute approximate surface area is 102 Å². The summed E-state index contributed by atoms with van der Waals surface area (Å²) in [6.07, 6.45) is 0.502. The summed E-state index contributed by atoms with van der Waals surface area (Å²) in [6, 6.07) is 14.3. The molecule has 2 aromatic carbocycles. The van der Waals surface area contributed by atoms with Gasteiger partial charge in [-0.2, -0.15) is 0 Å². The summed E-state index contributed by atoms with van der Waals surface area (Å²) in [7, 11) is -2.52. The van der Waals surface area contributed by atoms with Gasteiger partial charge >= 0.3 is 0 Å². The van der Waals surface area contributed by atoms with Crippen LogP contribution in [0.2, 0.25) is 0 Å². The van der Waals surface area contributed by atoms with Crippen LogP contribution in [0.4, 0.5) is 0 Å². The van der Waals surface area contributed by atoms with E-state index in [1.54, 1.807) is 6.66 Å². The van der Waals surface area contributed by atoms with Gasteiger partial charge in [0.1, 0.15) is 0 Å². The first-order valence-electron chi connectivity index (χ1n) is 5.80. The molecule has 0 amide bonds. The molecule has 2 aromatic rings. The van der Waals surface area contributed by atoms with Crippen LogP contribution in [-0.2, 0) is 15.3 Å². The molecule has 1 atom stereocenters. The third kappa shape index (κ3) is 2.96. The standard InChI is InChI=1S/C14H17O2P/c1-3-16-17(2,15)11-13-9-6-8-12-7-4-5-10-14(12)13/h4-10H,3,11H2,1-2H3/t17-/m0/s1. The number of rotatable bonds is 4. The predicted octanol–water partition coefficient (Wildman–Crippen LogP) is 4.28. The molecule has 0 aromatic heterocycles. The highest BCUT2D eigenvalue weighted by Gasteiger charge is 2.17. The van der Waals surface area contributed by atoms with Gasteiger partial charge in [-0.1, -0.05) is 42.5 Å². The summed E-state index contributed by atoms with van der Waals surface area (Å²) in [5.41, 5.74) is 1.10. The maximum Gasteiger partial charge on any atom is 0.204 e. The minimum atomic E-state index is -2.52. The molecule has 0 aliphatic rings. The van der Waals surface area contributed by atoms with Crippen molar-refractivity contribution in [2.75, 3.05) is 13.3 Å². The van der Waals surface area contributed by atoms with Crippen LogP contribution in [0, 0.1) is 0 Å². The Hall–Kier alpha value is -1.11. The smallest absolute Gasteiger partial charge is 0.204 e. The van der Waals surface area contributed by atoms with E-state index in [1.807, 2.05) is 31.2 Å². The third-order valence-corrected chi connectivity index (χ3v) is 4.46. The highest BCUT2D eigenvalue weighted by atomic mass is 31.2. The molecule has 90 valence electrons. The molecular weight excluding hydrogens is 231 g/mol. The lowest BCUT2D eigenvalue weighted by Crippen LogP contribution is -1.93. The number of benzene rings is 2. The summed E-state index contributed by atoms with van der Waals surface area (Å²) < 4.78 is 17.5. The van der Waals surface area contributed by atoms with Gasteiger partial charge in [-0.25, -0.2) is 0 Å². The Morgan fingerprint density at radius 2 is 1.82 bits per heavy atom. The molecule has 2 rings (SSSR count). The fraction of sp³-hybridized carbons (Fsp3) is 0.286. The van der Waals surface area contributed by atoms with E-state index in [-0.39, 0.29) is 0 Å². The van der Waals surface area contributed by atoms with Crippen molar-refractivity contribution < 1.29 is 9.09 Å². The number of hydrogen-bond donors (Lipinski definition) is 0. The molecule has 0 radical (unpaired) electrons. The molecule has 0 aliphatic carbocycles. The van der Waals surface area contributed by atoms with Crippen LogP contribution in [0.3, 0.4) is 0 Å². The van der Waals surface area contributed by atoms with Crippen molar-refractivity contribution in [3.05, 3.63) is 48.0 Å². The maximum atomic E-state index is 12.2. The molecule has 2 nitrogen and oxygen atoms in total. The van der Waals surface area contributed by atoms with Gasteiger partial charge in [0.2, 0.25) is 7.37 Å². The Bertz CT molecular complexity index is 558. The second-order valence-corrected chi connectivity index (χ2v) is 6.83. The lowest BCUT2D eigenvalue weighted by molar-refractivity contribution is 0.336. The largest absolute Gasteiger partial charge is 0.329 e. The third-order valence-electron chi connectivity index (χ3n) is 2.74. The average molecular weight is 248 g/mol. The van der Waals surface area contributed by atoms with E-state index in [1.165, 1.54) is 5.39 Å². The first kappa shape index (κ1) is 12.3. The molecule has 0 saturated heterocycles. The van der Waals surface area contributed by atoms with Crippen LogP contribution in [0.15, 0.2) is 42.5 Å². The van der Waals surface area contributed by atoms with Crippen molar-refractivity contribution in [3.63, 3.8) is 0 Å². The van der Waals surface area contributed by atoms with Crippen molar-refractivity contribution in [3.8, 4) is 0 Å². The SMILES string of the molecule is CCO[P@](C)(=O)Cc1cccc2ccccc12. The van der Waals surface area contributed by atoms with E-state index in [2.05, 4.69) is 18.2 Å². The van der Waals surface area contributed by atoms with E-state index < -0.39 is 7.37 Å². The Morgan fingerprint density at radius 3 is 2.59 bits per heavy atom. The first-order chi connectivity index (χ1) is 8.12. The highest BCUT2D eigenvalue weighted by molar-refractivity contribution is 7.57. The van der Waals surface area contributed by atoms with Crippen LogP contribution in [0.1, 0.15) is 12.5 Å². The summed E-state index contributed by atoms with van der Waals surface area (Å²) in [6.45, 7) is 4.08. The van der Waals surface area contributed by atoms with Crippen LogP contribution in [0.25, 0.3) is 10.8 Å². The van der Waals surface area contributed by atoms with E-state index in [4.69, 9.17) is 4.52 Å². The fourth-order valence-electron chi connectivity index (χ4n) is 2.06. The van der Waals surface area contributed by atoms with Gasteiger partial charge in [-0.05, 0) is 23.3 Å². The Balaban J connectivity index is 2.39. The van der Waals surface area contributed by atoms with E-state index in [0.29, 0.717) is 12.8 Å². The predicted molar refractivity (Wildman–Crippen MR) is 72.8 cm³/mol. The van der Waals surface area contributed by atoms with Gasteiger partial charge in [-0.15, -0.1) is 0 Å². The molecule has 0 aliphatic heterocycles. The molecule has 3 heteroatoms. The molecule has 0 heterocycles. The topological polar surface area (TPSA) is 26.3 Å². The minimum absolute atomic E-state index is 0.499. The zero-order valence-electron chi connectivity index (χ0n) is 10.2. The van der Waals surface area contributed by atoms with Crippen molar-refractivity contribution in [2.45, 2.75) is 13.1 Å². The van der Waals surface area contributed by atoms with Crippen LogP contribution < -0.4 is 0 Å². The molecule has 0 unspecified atom stereocenters. The monoisotopic (exact) mass is 248 g/mol. The van der Waals surface area contributed by atoms with Crippen molar-refractivity contribution >= 4 is 18.1 Å². The molecule has 0 N–H and O–H groups in total. The summed E-state index contributed by atoms with van der Waals surface area (Å²) in [5.74, 6) is 0. The lowest BCUT2D eigenvalue weighted by Gasteiger charge is -2.14. The molecule has 0 spiro atoms. The van der Waals surface area contributed by atoms with Gasteiger partial charge < -0.3 is 4.52 Å². The van der Waals surface area contributed by atoms with Crippen LogP contribution in [0.5, 0.6) is 0 Å². The second-order valence-electron chi connectivity index (χ2n) is 4.23. The van der Waals surface area contributed by atoms with E-state index in [9.17, 15) is 4.57 Å². The lowest BCUT2D eigenvalue weighted by atomic mass is 10.1. The van der Waals surface area contributed by atoms with Gasteiger partial charge in [0.05, 0.1) is 12.8 Å². The van der Waals surface area contributed by atoms with Crippen molar-refractivity contribution in [1.82, 2.24) is 0 Å². The molecule has 0 fully saturated rings. The van der Waals surface area contributed by atoms with Crippen LogP contribution >= 0.6 is 7.37 Å².